The normalized spacial score (nSPS) is 16.0. The second kappa shape index (κ2) is 32.5. The third-order valence-electron chi connectivity index (χ3n) is 17.5. The number of aromatic amines is 3. The zero-order valence-electron chi connectivity index (χ0n) is 57.4. The number of amides is 3. The average molecular weight is 1570 g/mol. The number of H-pyrrole nitrogens is 3. The van der Waals surface area contributed by atoms with E-state index in [1.54, 1.807) is 56.5 Å². The number of likely N-dealkylation sites (tertiary alicyclic amines) is 1. The SMILES string of the molecule is CC(CO)N=C(N)c1c(Nc2ncc(C(=O)N3CCc4c(N5CCCC5)cncc43)s2)s[nH]c1=O.CC(CO)N=C(N)c1c(Nc2ncc(C(=O)N3c4nc5ccccc5cc4CC3O)s2)s[nH]c1=O.CC(CO)N=C(N)c1c(Nc2ncc(C(=O)n3ccc4c(C(=O)N5CCCC5)cncc43)s2)s[nH]c1=O. The van der Waals surface area contributed by atoms with Crippen molar-refractivity contribution >= 4 is 179 Å². The van der Waals surface area contributed by atoms with Gasteiger partial charge in [0.15, 0.2) is 15.4 Å². The van der Waals surface area contributed by atoms with Crippen LogP contribution in [0.4, 0.5) is 47.6 Å². The van der Waals surface area contributed by atoms with Gasteiger partial charge in [-0.2, -0.15) is 0 Å². The van der Waals surface area contributed by atoms with E-state index in [-0.39, 0.29) is 88.6 Å². The van der Waals surface area contributed by atoms with Crippen molar-refractivity contribution < 1.29 is 39.6 Å². The van der Waals surface area contributed by atoms with Gasteiger partial charge in [0.25, 0.3) is 40.3 Å². The van der Waals surface area contributed by atoms with Crippen LogP contribution in [-0.2, 0) is 12.8 Å². The molecule has 14 heterocycles. The second-order valence-electron chi connectivity index (χ2n) is 25.0. The number of aliphatic hydroxyl groups is 4. The van der Waals surface area contributed by atoms with Crippen LogP contribution in [0, 0.1) is 0 Å². The molecule has 4 aliphatic rings. The second-order valence-corrected chi connectivity index (χ2v) is 30.5. The van der Waals surface area contributed by atoms with Crippen LogP contribution in [0.5, 0.6) is 0 Å². The molecule has 0 radical (unpaired) electrons. The summed E-state index contributed by atoms with van der Waals surface area (Å²) in [5, 5.41) is 51.4. The number of para-hydroxylation sites is 1. The molecular weight excluding hydrogens is 1500 g/mol. The van der Waals surface area contributed by atoms with E-state index in [9.17, 15) is 54.0 Å². The van der Waals surface area contributed by atoms with Gasteiger partial charge in [-0.3, -0.25) is 81.1 Å². The van der Waals surface area contributed by atoms with Crippen molar-refractivity contribution in [1.29, 1.82) is 0 Å². The van der Waals surface area contributed by atoms with Crippen LogP contribution in [0.2, 0.25) is 0 Å². The Labute approximate surface area is 631 Å². The number of thiazole rings is 3. The van der Waals surface area contributed by atoms with Crippen molar-refractivity contribution in [3.63, 3.8) is 0 Å². The lowest BCUT2D eigenvalue weighted by Crippen LogP contribution is -2.37. The molecule has 107 heavy (non-hydrogen) atoms. The Balaban J connectivity index is 0.000000142. The molecule has 34 nitrogen and oxygen atoms in total. The number of fused-ring (bicyclic) bond motifs is 4. The number of benzene rings is 1. The number of anilines is 9. The van der Waals surface area contributed by atoms with Crippen molar-refractivity contribution in [1.82, 2.24) is 52.5 Å². The Morgan fingerprint density at radius 3 is 1.62 bits per heavy atom. The average Bonchev–Trinajstić information content (AvgIpc) is 1.64. The molecule has 40 heteroatoms. The van der Waals surface area contributed by atoms with Gasteiger partial charge in [0.05, 0.1) is 103 Å². The highest BCUT2D eigenvalue weighted by atomic mass is 32.1. The summed E-state index contributed by atoms with van der Waals surface area (Å²) in [5.74, 6) is -0.531. The summed E-state index contributed by atoms with van der Waals surface area (Å²) < 4.78 is 9.28. The molecule has 16 N–H and O–H groups in total. The number of aromatic nitrogens is 10. The predicted octanol–water partition coefficient (Wildman–Crippen LogP) is 5.71. The van der Waals surface area contributed by atoms with Crippen molar-refractivity contribution in [2.24, 2.45) is 32.2 Å². The Morgan fingerprint density at radius 1 is 0.598 bits per heavy atom. The highest BCUT2D eigenvalue weighted by Gasteiger charge is 2.37. The number of carbonyl (C=O) groups excluding carboxylic acids is 4. The summed E-state index contributed by atoms with van der Waals surface area (Å²) >= 11 is 6.49. The van der Waals surface area contributed by atoms with E-state index in [1.165, 1.54) is 57.8 Å². The summed E-state index contributed by atoms with van der Waals surface area (Å²) in [4.78, 5) is 137. The first-order valence-electron chi connectivity index (χ1n) is 33.6. The summed E-state index contributed by atoms with van der Waals surface area (Å²) in [6.07, 6.45) is 17.1. The largest absolute Gasteiger partial charge is 0.394 e. The van der Waals surface area contributed by atoms with Crippen LogP contribution in [0.1, 0.15) is 114 Å². The third kappa shape index (κ3) is 15.9. The van der Waals surface area contributed by atoms with Crippen LogP contribution in [-0.4, -0.2) is 191 Å². The number of rotatable bonds is 20. The van der Waals surface area contributed by atoms with Crippen molar-refractivity contribution in [2.75, 3.05) is 83.2 Å². The molecule has 4 atom stereocenters. The Kier molecular flexibility index (Phi) is 22.6. The molecule has 4 unspecified atom stereocenters. The van der Waals surface area contributed by atoms with E-state index in [0.717, 1.165) is 131 Å². The first kappa shape index (κ1) is 74.5. The minimum atomic E-state index is -1.04. The molecule has 1 aromatic carbocycles. The predicted molar refractivity (Wildman–Crippen MR) is 417 cm³/mol. The van der Waals surface area contributed by atoms with E-state index < -0.39 is 41.4 Å². The van der Waals surface area contributed by atoms with Gasteiger partial charge in [-0.1, -0.05) is 52.2 Å². The number of carbonyl (C=O) groups is 4. The van der Waals surface area contributed by atoms with Crippen LogP contribution in [0.15, 0.2) is 115 Å². The van der Waals surface area contributed by atoms with Crippen LogP contribution in [0.25, 0.3) is 21.8 Å². The number of nitrogens with zero attached hydrogens (tertiary/aromatic N) is 14. The number of amidine groups is 3. The summed E-state index contributed by atoms with van der Waals surface area (Å²) in [6, 6.07) is 9.89. The van der Waals surface area contributed by atoms with Gasteiger partial charge in [0, 0.05) is 73.4 Å². The molecule has 0 bridgehead atoms. The Hall–Kier alpha value is -10.8. The van der Waals surface area contributed by atoms with E-state index >= 15 is 0 Å². The fraction of sp³-hybridized carbons (Fsp3) is 0.313. The maximum absolute atomic E-state index is 13.4. The van der Waals surface area contributed by atoms with Gasteiger partial charge < -0.3 is 68.3 Å². The van der Waals surface area contributed by atoms with Gasteiger partial charge in [-0.25, -0.2) is 19.9 Å². The van der Waals surface area contributed by atoms with Crippen molar-refractivity contribution in [3.05, 3.63) is 165 Å². The highest BCUT2D eigenvalue weighted by Crippen LogP contribution is 2.40. The van der Waals surface area contributed by atoms with E-state index in [2.05, 4.69) is 78.9 Å². The molecule has 3 amide bonds. The molecule has 2 saturated heterocycles. The number of hydrogen-bond acceptors (Lipinski definition) is 30. The highest BCUT2D eigenvalue weighted by molar-refractivity contribution is 7.19. The quantitative estimate of drug-likeness (QED) is 0.0321. The van der Waals surface area contributed by atoms with Gasteiger partial charge in [0.2, 0.25) is 0 Å². The Morgan fingerprint density at radius 2 is 1.08 bits per heavy atom. The molecule has 556 valence electrons. The van der Waals surface area contributed by atoms with Gasteiger partial charge in [-0.05, 0) is 106 Å². The van der Waals surface area contributed by atoms with Crippen LogP contribution >= 0.6 is 68.6 Å². The van der Waals surface area contributed by atoms with Gasteiger partial charge >= 0.3 is 0 Å². The fourth-order valence-electron chi connectivity index (χ4n) is 12.3. The first-order valence-corrected chi connectivity index (χ1v) is 38.5. The van der Waals surface area contributed by atoms with E-state index in [1.807, 2.05) is 41.4 Å². The third-order valence-corrected chi connectivity index (χ3v) is 22.6. The zero-order chi connectivity index (χ0) is 75.3. The molecule has 0 aliphatic carbocycles. The summed E-state index contributed by atoms with van der Waals surface area (Å²) in [7, 11) is 0. The molecule has 0 saturated carbocycles. The number of nitrogens with two attached hydrogens (primary N) is 3. The zero-order valence-corrected chi connectivity index (χ0v) is 62.3. The standard InChI is InChI=1S/C23H24N8O4S2.C22H26N8O3S2.C22H21N7O4S2/c1-12(11-32)27-18(24)17-19(33)29-37-20(17)28-23-26-10-16(36-23)22(35)31-7-4-13-14(8-25-9-15(13)31)21(34)30-5-2-3-6-30;1-12(11-31)26-18(23)17-19(32)28-35-20(17)27-22-25-10-16(34-22)21(33)30-7-4-13-14(8-24-9-15(13)30)29-5-2-3-6-29;1-10(9-30)25-17(23)16-19(32)28-35-20(16)27-22-24-8-14(34-22)21(33)29-15(31)7-12-6-11-4-2-3-5-13(11)26-18(12)29/h4,7-10,12,32H,2-3,5-6,11H2,1H3,(H2,24,27)(H,26,28)(H,29,33);8-10,12,31H,2-7,11H2,1H3,(H2,23,26)(H,25,27)(H,28,32);2-6,8,10,15,30-31H,7,9H2,1H3,(H2,23,25)(H,24,27)(H,28,32). The molecule has 15 rings (SSSR count). The summed E-state index contributed by atoms with van der Waals surface area (Å²) in [6.45, 7) is 8.53. The molecular formula is C67H71N23O11S6. The first-order chi connectivity index (χ1) is 51.7. The van der Waals surface area contributed by atoms with Gasteiger partial charge in [-0.15, -0.1) is 0 Å². The molecule has 4 aliphatic heterocycles. The lowest BCUT2D eigenvalue weighted by molar-refractivity contribution is 0.0793. The van der Waals surface area contributed by atoms with Gasteiger partial charge in [0.1, 0.15) is 75.9 Å². The maximum Gasteiger partial charge on any atom is 0.274 e. The number of hydrogen-bond donors (Lipinski definition) is 13. The number of pyridine rings is 3. The lowest BCUT2D eigenvalue weighted by atomic mass is 10.1. The topological polar surface area (TPSA) is 494 Å². The Bertz CT molecular complexity index is 5440. The summed E-state index contributed by atoms with van der Waals surface area (Å²) in [5.41, 5.74) is 22.9. The maximum atomic E-state index is 13.4. The minimum Gasteiger partial charge on any atom is -0.394 e. The minimum absolute atomic E-state index is 0.00926. The van der Waals surface area contributed by atoms with E-state index in [0.29, 0.717) is 69.0 Å². The molecule has 11 aromatic rings. The van der Waals surface area contributed by atoms with E-state index in [4.69, 9.17) is 17.2 Å². The number of aliphatic hydroxyl groups excluding tert-OH is 4. The molecule has 10 aromatic heterocycles. The molecule has 2 fully saturated rings. The lowest BCUT2D eigenvalue weighted by Gasteiger charge is -2.21. The van der Waals surface area contributed by atoms with Crippen LogP contribution < -0.4 is 64.5 Å². The smallest absolute Gasteiger partial charge is 0.274 e. The van der Waals surface area contributed by atoms with Crippen molar-refractivity contribution in [3.8, 4) is 0 Å². The number of nitrogens with one attached hydrogen (secondary N) is 6. The van der Waals surface area contributed by atoms with Crippen LogP contribution in [0.3, 0.4) is 0 Å². The molecule has 0 spiro atoms. The van der Waals surface area contributed by atoms with Crippen molar-refractivity contribution in [2.45, 2.75) is 83.6 Å². The fourth-order valence-corrected chi connectivity index (χ4v) is 17.0. The monoisotopic (exact) mass is 1570 g/mol. The number of aliphatic imine (C=N–C) groups is 3.